The van der Waals surface area contributed by atoms with Crippen molar-refractivity contribution in [3.8, 4) is 11.4 Å². The summed E-state index contributed by atoms with van der Waals surface area (Å²) < 4.78 is 0. The Morgan fingerprint density at radius 3 is 1.86 bits per heavy atom. The van der Waals surface area contributed by atoms with Crippen LogP contribution in [0.3, 0.4) is 0 Å². The highest BCUT2D eigenvalue weighted by molar-refractivity contribution is 5.53. The van der Waals surface area contributed by atoms with E-state index in [1.54, 1.807) is 0 Å². The number of aliphatic hydroxyl groups excluding tert-OH is 3. The van der Waals surface area contributed by atoms with Gasteiger partial charge in [-0.1, -0.05) is 30.3 Å². The molecule has 3 N–H and O–H groups in total. The molecule has 0 radical (unpaired) electrons. The highest BCUT2D eigenvalue weighted by Crippen LogP contribution is 2.10. The number of benzene rings is 1. The van der Waals surface area contributed by atoms with E-state index in [1.807, 2.05) is 30.3 Å². The van der Waals surface area contributed by atoms with Gasteiger partial charge in [-0.05, 0) is 0 Å². The molecule has 0 atom stereocenters. The zero-order valence-corrected chi connectivity index (χ0v) is 11.6. The second-order valence-electron chi connectivity index (χ2n) is 4.28. The van der Waals surface area contributed by atoms with E-state index in [-0.39, 0.29) is 0 Å². The topological polar surface area (TPSA) is 142 Å². The Kier molecular flexibility index (Phi) is 6.96. The normalized spacial score (nSPS) is 10.5. The summed E-state index contributed by atoms with van der Waals surface area (Å²) in [7, 11) is 0. The monoisotopic (exact) mass is 308 g/mol. The summed E-state index contributed by atoms with van der Waals surface area (Å²) in [6.45, 7) is -2.60. The van der Waals surface area contributed by atoms with Crippen LogP contribution >= 0.6 is 0 Å². The van der Waals surface area contributed by atoms with E-state index in [4.69, 9.17) is 15.3 Å². The van der Waals surface area contributed by atoms with Crippen molar-refractivity contribution in [2.45, 2.75) is 5.54 Å². The minimum Gasteiger partial charge on any atom is -0.389 e. The predicted octanol–water partition coefficient (Wildman–Crippen LogP) is -0.483. The second-order valence-corrected chi connectivity index (χ2v) is 4.28. The van der Waals surface area contributed by atoms with Gasteiger partial charge in [-0.15, -0.1) is 0 Å². The van der Waals surface area contributed by atoms with Gasteiger partial charge < -0.3 is 15.3 Å². The van der Waals surface area contributed by atoms with E-state index in [2.05, 4.69) is 15.0 Å². The first-order valence-corrected chi connectivity index (χ1v) is 6.24. The van der Waals surface area contributed by atoms with E-state index in [9.17, 15) is 10.1 Å². The molecule has 0 aliphatic heterocycles. The van der Waals surface area contributed by atoms with Crippen LogP contribution < -0.4 is 0 Å². The minimum absolute atomic E-state index is 0.714. The van der Waals surface area contributed by atoms with Gasteiger partial charge in [0.15, 0.2) is 5.82 Å². The fourth-order valence-electron chi connectivity index (χ4n) is 1.30. The van der Waals surface area contributed by atoms with Gasteiger partial charge in [0.2, 0.25) is 0 Å². The van der Waals surface area contributed by atoms with Crippen molar-refractivity contribution in [1.29, 1.82) is 0 Å². The molecule has 0 spiro atoms. The fraction of sp³-hybridized carbons (Fsp3) is 0.308. The van der Waals surface area contributed by atoms with Crippen molar-refractivity contribution in [3.05, 3.63) is 53.1 Å². The lowest BCUT2D eigenvalue weighted by Gasteiger charge is -2.16. The van der Waals surface area contributed by atoms with Crippen molar-refractivity contribution in [1.82, 2.24) is 15.0 Å². The predicted molar refractivity (Wildman–Crippen MR) is 76.2 cm³/mol. The summed E-state index contributed by atoms with van der Waals surface area (Å²) in [6.07, 6.45) is 2.99. The Morgan fingerprint density at radius 1 is 1.00 bits per heavy atom. The van der Waals surface area contributed by atoms with Crippen molar-refractivity contribution >= 4 is 0 Å². The van der Waals surface area contributed by atoms with Crippen molar-refractivity contribution in [3.63, 3.8) is 0 Å². The third kappa shape index (κ3) is 4.52. The maximum absolute atomic E-state index is 10.0. The summed E-state index contributed by atoms with van der Waals surface area (Å²) in [5.41, 5.74) is -0.972. The molecule has 9 nitrogen and oxygen atoms in total. The molecule has 22 heavy (non-hydrogen) atoms. The molecule has 2 aromatic rings. The van der Waals surface area contributed by atoms with Crippen LogP contribution in [0.25, 0.3) is 11.4 Å². The van der Waals surface area contributed by atoms with Crippen LogP contribution in [0.2, 0.25) is 0 Å². The first kappa shape index (κ1) is 17.6. The van der Waals surface area contributed by atoms with E-state index in [1.165, 1.54) is 12.7 Å². The molecule has 0 saturated carbocycles. The molecule has 0 aliphatic carbocycles. The van der Waals surface area contributed by atoms with Gasteiger partial charge >= 0.3 is 0 Å². The molecule has 1 heterocycles. The molecular formula is C13H16N4O5. The maximum Gasteiger partial charge on any atom is 0.289 e. The van der Waals surface area contributed by atoms with Crippen LogP contribution in [0.1, 0.15) is 0 Å². The van der Waals surface area contributed by atoms with Crippen LogP contribution in [0.15, 0.2) is 43.0 Å². The standard InChI is InChI=1S/C9H7N3.C4H9NO5/c1-2-4-8(5-3-1)9-11-6-10-7-12-9;6-1-4(2-7,3-8)5(9)10/h1-7H;6-8H,1-3H2. The first-order valence-electron chi connectivity index (χ1n) is 6.24. The van der Waals surface area contributed by atoms with Gasteiger partial charge in [-0.2, -0.15) is 0 Å². The fourth-order valence-corrected chi connectivity index (χ4v) is 1.30. The van der Waals surface area contributed by atoms with Gasteiger partial charge in [0.05, 0.1) is 0 Å². The lowest BCUT2D eigenvalue weighted by Crippen LogP contribution is -2.49. The summed E-state index contributed by atoms with van der Waals surface area (Å²) in [5, 5.41) is 35.2. The SMILES string of the molecule is O=[N+]([O-])C(CO)(CO)CO.c1ccc(-c2ncncn2)cc1. The van der Waals surface area contributed by atoms with Gasteiger partial charge in [0.25, 0.3) is 5.54 Å². The first-order chi connectivity index (χ1) is 10.6. The molecule has 2 rings (SSSR count). The minimum atomic E-state index is -1.99. The van der Waals surface area contributed by atoms with Crippen LogP contribution in [0.4, 0.5) is 0 Å². The zero-order valence-electron chi connectivity index (χ0n) is 11.6. The smallest absolute Gasteiger partial charge is 0.289 e. The quantitative estimate of drug-likeness (QED) is 0.496. The highest BCUT2D eigenvalue weighted by atomic mass is 16.6. The highest BCUT2D eigenvalue weighted by Gasteiger charge is 2.41. The summed E-state index contributed by atoms with van der Waals surface area (Å²) in [5.74, 6) is 0.714. The van der Waals surface area contributed by atoms with E-state index < -0.39 is 30.3 Å². The number of hydrogen-bond acceptors (Lipinski definition) is 8. The number of nitro groups is 1. The maximum atomic E-state index is 10.0. The third-order valence-electron chi connectivity index (χ3n) is 2.80. The summed E-state index contributed by atoms with van der Waals surface area (Å²) in [6, 6.07) is 9.81. The molecule has 0 fully saturated rings. The van der Waals surface area contributed by atoms with Crippen LogP contribution in [-0.2, 0) is 0 Å². The van der Waals surface area contributed by atoms with Crippen LogP contribution in [-0.4, -0.2) is 60.6 Å². The molecule has 0 unspecified atom stereocenters. The lowest BCUT2D eigenvalue weighted by atomic mass is 10.1. The van der Waals surface area contributed by atoms with E-state index >= 15 is 0 Å². The Bertz CT molecular complexity index is 517. The molecule has 0 aliphatic rings. The van der Waals surface area contributed by atoms with E-state index in [0.29, 0.717) is 5.82 Å². The van der Waals surface area contributed by atoms with Gasteiger partial charge in [-0.25, -0.2) is 15.0 Å². The summed E-state index contributed by atoms with van der Waals surface area (Å²) >= 11 is 0. The Balaban J connectivity index is 0.000000225. The number of aromatic nitrogens is 3. The van der Waals surface area contributed by atoms with Crippen molar-refractivity contribution < 1.29 is 20.2 Å². The molecule has 1 aromatic carbocycles. The second kappa shape index (κ2) is 8.72. The molecular weight excluding hydrogens is 292 g/mol. The lowest BCUT2D eigenvalue weighted by molar-refractivity contribution is -0.580. The largest absolute Gasteiger partial charge is 0.389 e. The van der Waals surface area contributed by atoms with Gasteiger partial charge in [0, 0.05) is 10.5 Å². The van der Waals surface area contributed by atoms with Crippen molar-refractivity contribution in [2.75, 3.05) is 19.8 Å². The molecule has 0 bridgehead atoms. The molecule has 9 heteroatoms. The summed E-state index contributed by atoms with van der Waals surface area (Å²) in [4.78, 5) is 20.9. The molecule has 1 aromatic heterocycles. The Hall–Kier alpha value is -2.49. The number of aliphatic hydroxyl groups is 3. The number of nitrogens with zero attached hydrogens (tertiary/aromatic N) is 4. The number of hydrogen-bond donors (Lipinski definition) is 3. The number of rotatable bonds is 5. The average Bonchev–Trinajstić information content (AvgIpc) is 2.59. The average molecular weight is 308 g/mol. The van der Waals surface area contributed by atoms with Crippen molar-refractivity contribution in [2.24, 2.45) is 0 Å². The van der Waals surface area contributed by atoms with Crippen LogP contribution in [0, 0.1) is 10.1 Å². The zero-order chi connectivity index (χ0) is 16.4. The van der Waals surface area contributed by atoms with Crippen LogP contribution in [0.5, 0.6) is 0 Å². The third-order valence-corrected chi connectivity index (χ3v) is 2.80. The van der Waals surface area contributed by atoms with Gasteiger partial charge in [0.1, 0.15) is 32.5 Å². The van der Waals surface area contributed by atoms with E-state index in [0.717, 1.165) is 5.56 Å². The molecule has 0 amide bonds. The van der Waals surface area contributed by atoms with Gasteiger partial charge in [-0.3, -0.25) is 10.1 Å². The Labute approximate surface area is 126 Å². The molecule has 118 valence electrons. The Morgan fingerprint density at radius 2 is 1.50 bits per heavy atom. The molecule has 0 saturated heterocycles.